The van der Waals surface area contributed by atoms with Gasteiger partial charge < -0.3 is 9.73 Å². The number of hydrogen-bond acceptors (Lipinski definition) is 3. The van der Waals surface area contributed by atoms with Gasteiger partial charge in [0.05, 0.1) is 0 Å². The first-order chi connectivity index (χ1) is 12.6. The Kier molecular flexibility index (Phi) is 5.00. The molecule has 2 aromatic carbocycles. The SMILES string of the molecule is Cc1ccc(NC(=O)/C(C#N)=C/c2ccc(-c3ccccc3)o2)cc1C. The summed E-state index contributed by atoms with van der Waals surface area (Å²) in [6.07, 6.45) is 1.45. The molecule has 0 spiro atoms. The van der Waals surface area contributed by atoms with Crippen LogP contribution < -0.4 is 5.32 Å². The molecule has 0 fully saturated rings. The number of rotatable bonds is 4. The van der Waals surface area contributed by atoms with Gasteiger partial charge in [-0.25, -0.2) is 0 Å². The lowest BCUT2D eigenvalue weighted by atomic mass is 10.1. The third-order valence-corrected chi connectivity index (χ3v) is 4.10. The zero-order valence-electron chi connectivity index (χ0n) is 14.6. The number of aryl methyl sites for hydroxylation is 2. The highest BCUT2D eigenvalue weighted by Gasteiger charge is 2.12. The largest absolute Gasteiger partial charge is 0.457 e. The Bertz CT molecular complexity index is 1010. The van der Waals surface area contributed by atoms with E-state index >= 15 is 0 Å². The molecule has 0 aliphatic rings. The van der Waals surface area contributed by atoms with E-state index in [1.165, 1.54) is 6.08 Å². The number of nitriles is 1. The molecule has 0 aliphatic carbocycles. The predicted molar refractivity (Wildman–Crippen MR) is 102 cm³/mol. The van der Waals surface area contributed by atoms with Gasteiger partial charge in [0, 0.05) is 17.3 Å². The fraction of sp³-hybridized carbons (Fsp3) is 0.0909. The van der Waals surface area contributed by atoms with Crippen LogP contribution in [0.15, 0.2) is 70.7 Å². The van der Waals surface area contributed by atoms with Gasteiger partial charge in [0.15, 0.2) is 0 Å². The van der Waals surface area contributed by atoms with E-state index in [1.807, 2.05) is 74.5 Å². The Morgan fingerprint density at radius 3 is 2.50 bits per heavy atom. The summed E-state index contributed by atoms with van der Waals surface area (Å²) in [5, 5.41) is 12.1. The summed E-state index contributed by atoms with van der Waals surface area (Å²) in [5.41, 5.74) is 3.79. The van der Waals surface area contributed by atoms with Gasteiger partial charge in [-0.1, -0.05) is 36.4 Å². The summed E-state index contributed by atoms with van der Waals surface area (Å²) < 4.78 is 5.73. The normalized spacial score (nSPS) is 11.0. The zero-order chi connectivity index (χ0) is 18.5. The number of benzene rings is 2. The Hall–Kier alpha value is -3.58. The average molecular weight is 342 g/mol. The van der Waals surface area contributed by atoms with Gasteiger partial charge in [0.25, 0.3) is 5.91 Å². The minimum atomic E-state index is -0.464. The van der Waals surface area contributed by atoms with E-state index < -0.39 is 5.91 Å². The topological polar surface area (TPSA) is 66.0 Å². The Morgan fingerprint density at radius 2 is 1.81 bits per heavy atom. The summed E-state index contributed by atoms with van der Waals surface area (Å²) in [7, 11) is 0. The first-order valence-electron chi connectivity index (χ1n) is 8.22. The van der Waals surface area contributed by atoms with Crippen LogP contribution in [0.1, 0.15) is 16.9 Å². The van der Waals surface area contributed by atoms with E-state index in [9.17, 15) is 10.1 Å². The molecular formula is C22H18N2O2. The second kappa shape index (κ2) is 7.54. The molecule has 0 unspecified atom stereocenters. The van der Waals surface area contributed by atoms with Crippen LogP contribution in [0.2, 0.25) is 0 Å². The Labute approximate surface area is 152 Å². The molecule has 4 nitrogen and oxygen atoms in total. The summed E-state index contributed by atoms with van der Waals surface area (Å²) in [4.78, 5) is 12.4. The van der Waals surface area contributed by atoms with Crippen molar-refractivity contribution in [3.63, 3.8) is 0 Å². The molecule has 1 heterocycles. The molecule has 0 atom stereocenters. The fourth-order valence-corrected chi connectivity index (χ4v) is 2.50. The minimum absolute atomic E-state index is 0.0165. The summed E-state index contributed by atoms with van der Waals surface area (Å²) in [6.45, 7) is 3.97. The van der Waals surface area contributed by atoms with Gasteiger partial charge in [-0.3, -0.25) is 4.79 Å². The van der Waals surface area contributed by atoms with Crippen molar-refractivity contribution in [2.24, 2.45) is 0 Å². The van der Waals surface area contributed by atoms with Gasteiger partial charge in [-0.15, -0.1) is 0 Å². The number of hydrogen-bond donors (Lipinski definition) is 1. The maximum atomic E-state index is 12.4. The van der Waals surface area contributed by atoms with Crippen molar-refractivity contribution in [2.75, 3.05) is 5.32 Å². The molecule has 0 saturated heterocycles. The van der Waals surface area contributed by atoms with Crippen molar-refractivity contribution in [1.82, 2.24) is 0 Å². The van der Waals surface area contributed by atoms with Crippen LogP contribution in [0.3, 0.4) is 0 Å². The number of nitrogens with zero attached hydrogens (tertiary/aromatic N) is 1. The highest BCUT2D eigenvalue weighted by molar-refractivity contribution is 6.09. The lowest BCUT2D eigenvalue weighted by Crippen LogP contribution is -2.13. The molecule has 128 valence electrons. The van der Waals surface area contributed by atoms with Crippen molar-refractivity contribution in [1.29, 1.82) is 5.26 Å². The van der Waals surface area contributed by atoms with E-state index in [4.69, 9.17) is 4.42 Å². The average Bonchev–Trinajstić information content (AvgIpc) is 3.12. The number of amides is 1. The fourth-order valence-electron chi connectivity index (χ4n) is 2.50. The van der Waals surface area contributed by atoms with Crippen LogP contribution in [-0.2, 0) is 4.79 Å². The number of nitrogens with one attached hydrogen (secondary N) is 1. The summed E-state index contributed by atoms with van der Waals surface area (Å²) in [5.74, 6) is 0.674. The number of carbonyl (C=O) groups excluding carboxylic acids is 1. The van der Waals surface area contributed by atoms with Gasteiger partial charge in [0.2, 0.25) is 0 Å². The number of furan rings is 1. The van der Waals surface area contributed by atoms with Crippen molar-refractivity contribution in [3.05, 3.63) is 83.1 Å². The molecule has 0 aliphatic heterocycles. The van der Waals surface area contributed by atoms with Crippen molar-refractivity contribution in [2.45, 2.75) is 13.8 Å². The standard InChI is InChI=1S/C22H18N2O2/c1-15-8-9-19(12-16(15)2)24-22(25)18(14-23)13-20-10-11-21(26-20)17-6-4-3-5-7-17/h3-13H,1-2H3,(H,24,25)/b18-13+. The van der Waals surface area contributed by atoms with Gasteiger partial charge in [0.1, 0.15) is 23.2 Å². The lowest BCUT2D eigenvalue weighted by Gasteiger charge is -2.06. The third kappa shape index (κ3) is 3.90. The molecular weight excluding hydrogens is 324 g/mol. The van der Waals surface area contributed by atoms with E-state index in [-0.39, 0.29) is 5.57 Å². The highest BCUT2D eigenvalue weighted by Crippen LogP contribution is 2.23. The molecule has 1 amide bonds. The van der Waals surface area contributed by atoms with Crippen LogP contribution >= 0.6 is 0 Å². The molecule has 0 saturated carbocycles. The smallest absolute Gasteiger partial charge is 0.266 e. The van der Waals surface area contributed by atoms with Crippen molar-refractivity contribution in [3.8, 4) is 17.4 Å². The second-order valence-corrected chi connectivity index (χ2v) is 5.99. The monoisotopic (exact) mass is 342 g/mol. The second-order valence-electron chi connectivity index (χ2n) is 5.99. The van der Waals surface area contributed by atoms with Crippen molar-refractivity contribution >= 4 is 17.7 Å². The van der Waals surface area contributed by atoms with E-state index in [2.05, 4.69) is 5.32 Å². The van der Waals surface area contributed by atoms with Gasteiger partial charge >= 0.3 is 0 Å². The summed E-state index contributed by atoms with van der Waals surface area (Å²) in [6, 6.07) is 20.8. The van der Waals surface area contributed by atoms with E-state index in [0.29, 0.717) is 17.2 Å². The first kappa shape index (κ1) is 17.2. The molecule has 1 aromatic heterocycles. The number of anilines is 1. The molecule has 0 radical (unpaired) electrons. The molecule has 26 heavy (non-hydrogen) atoms. The molecule has 3 aromatic rings. The molecule has 3 rings (SSSR count). The van der Waals surface area contributed by atoms with Crippen LogP contribution in [0.4, 0.5) is 5.69 Å². The van der Waals surface area contributed by atoms with Crippen LogP contribution in [0.25, 0.3) is 17.4 Å². The third-order valence-electron chi connectivity index (χ3n) is 4.10. The minimum Gasteiger partial charge on any atom is -0.457 e. The Morgan fingerprint density at radius 1 is 1.04 bits per heavy atom. The van der Waals surface area contributed by atoms with Crippen LogP contribution in [0.5, 0.6) is 0 Å². The molecule has 4 heteroatoms. The number of carbonyl (C=O) groups is 1. The quantitative estimate of drug-likeness (QED) is 0.529. The zero-order valence-corrected chi connectivity index (χ0v) is 14.6. The van der Waals surface area contributed by atoms with Crippen molar-refractivity contribution < 1.29 is 9.21 Å². The van der Waals surface area contributed by atoms with Crippen LogP contribution in [-0.4, -0.2) is 5.91 Å². The summed E-state index contributed by atoms with van der Waals surface area (Å²) >= 11 is 0. The lowest BCUT2D eigenvalue weighted by molar-refractivity contribution is -0.112. The van der Waals surface area contributed by atoms with E-state index in [1.54, 1.807) is 6.07 Å². The predicted octanol–water partition coefficient (Wildman–Crippen LogP) is 5.11. The molecule has 0 bridgehead atoms. The van der Waals surface area contributed by atoms with Gasteiger partial charge in [-0.05, 0) is 49.2 Å². The maximum absolute atomic E-state index is 12.4. The first-order valence-corrected chi connectivity index (χ1v) is 8.22. The van der Waals surface area contributed by atoms with E-state index in [0.717, 1.165) is 16.7 Å². The Balaban J connectivity index is 1.80. The highest BCUT2D eigenvalue weighted by atomic mass is 16.3. The van der Waals surface area contributed by atoms with Gasteiger partial charge in [-0.2, -0.15) is 5.26 Å². The van der Waals surface area contributed by atoms with Crippen LogP contribution in [0, 0.1) is 25.2 Å². The molecule has 1 N–H and O–H groups in total. The maximum Gasteiger partial charge on any atom is 0.266 e.